The molecule has 48 heavy (non-hydrogen) atoms. The van der Waals surface area contributed by atoms with Gasteiger partial charge >= 0.3 is 6.36 Å². The molecule has 4 saturated carbocycles. The fourth-order valence-electron chi connectivity index (χ4n) is 11.1. The summed E-state index contributed by atoms with van der Waals surface area (Å²) < 4.78 is 41.0. The molecule has 0 radical (unpaired) electrons. The van der Waals surface area contributed by atoms with Gasteiger partial charge in [-0.05, 0) is 128 Å². The number of alkyl halides is 3. The number of amides is 2. The molecule has 5 aliphatic rings. The molecular weight excluding hydrogens is 621 g/mol. The number of ether oxygens (including phenoxy) is 1. The van der Waals surface area contributed by atoms with Crippen molar-refractivity contribution in [2.75, 3.05) is 26.2 Å². The topological polar surface area (TPSA) is 90.3 Å². The van der Waals surface area contributed by atoms with Gasteiger partial charge in [0.2, 0.25) is 11.8 Å². The second-order valence-electron chi connectivity index (χ2n) is 16.1. The number of hydrogen-bond donors (Lipinski definition) is 2. The molecule has 1 saturated heterocycles. The maximum Gasteiger partial charge on any atom is 0.573 e. The van der Waals surface area contributed by atoms with Crippen molar-refractivity contribution in [3.8, 4) is 5.75 Å². The van der Waals surface area contributed by atoms with Crippen LogP contribution in [0.5, 0.6) is 5.75 Å². The zero-order chi connectivity index (χ0) is 34.4. The second kappa shape index (κ2) is 13.6. The highest BCUT2D eigenvalue weighted by atomic mass is 19.4. The van der Waals surface area contributed by atoms with Crippen LogP contribution in [0.3, 0.4) is 0 Å². The number of aliphatic hydroxyl groups is 2. The van der Waals surface area contributed by atoms with E-state index < -0.39 is 6.36 Å². The van der Waals surface area contributed by atoms with Crippen molar-refractivity contribution in [3.05, 3.63) is 35.9 Å². The summed E-state index contributed by atoms with van der Waals surface area (Å²) >= 11 is 0. The van der Waals surface area contributed by atoms with Crippen molar-refractivity contribution in [1.82, 2.24) is 9.80 Å². The molecule has 2 N–H and O–H groups in total. The molecular formula is C38H53F3N2O5. The van der Waals surface area contributed by atoms with Crippen LogP contribution in [0.2, 0.25) is 0 Å². The molecule has 6 rings (SSSR count). The number of fused-ring (bicyclic) bond motifs is 5. The molecule has 1 heterocycles. The maximum atomic E-state index is 13.3. The van der Waals surface area contributed by atoms with Crippen LogP contribution < -0.4 is 4.74 Å². The lowest BCUT2D eigenvalue weighted by atomic mass is 9.43. The van der Waals surface area contributed by atoms with Gasteiger partial charge in [-0.1, -0.05) is 32.9 Å². The van der Waals surface area contributed by atoms with E-state index in [1.807, 2.05) is 4.90 Å². The Hall–Kier alpha value is -2.59. The van der Waals surface area contributed by atoms with Crippen molar-refractivity contribution in [2.24, 2.45) is 46.3 Å². The quantitative estimate of drug-likeness (QED) is 0.315. The highest BCUT2D eigenvalue weighted by Crippen LogP contribution is 2.68. The molecule has 2 amide bonds. The molecule has 10 atom stereocenters. The zero-order valence-electron chi connectivity index (χ0n) is 28.6. The Bertz CT molecular complexity index is 1340. The van der Waals surface area contributed by atoms with E-state index in [4.69, 9.17) is 0 Å². The number of nitrogens with zero attached hydrogens (tertiary/aromatic N) is 2. The van der Waals surface area contributed by atoms with E-state index in [-0.39, 0.29) is 40.6 Å². The van der Waals surface area contributed by atoms with E-state index in [9.17, 15) is 33.0 Å². The number of carbonyl (C=O) groups is 2. The molecule has 10 heteroatoms. The standard InChI is InChI=1S/C38H53F3N2O5/c1-24(29-10-11-30-35-31(15-17-37(29,30)3)36(2)16-14-27(44)22-26(36)23-32(35)45)4-12-33(46)42-18-20-43(21-19-42)34(47)13-7-25-5-8-28(9-6-25)48-38(39,40)41/h5-9,13,24,26-27,29-32,35,44-45H,4,10-12,14-23H2,1-3H3/b13-7+/t24-,26+,27-,29-,30+,31+,32+,35+,36+,37-/m1/s1. The van der Waals surface area contributed by atoms with Gasteiger partial charge in [0.25, 0.3) is 0 Å². The van der Waals surface area contributed by atoms with E-state index in [0.717, 1.165) is 51.4 Å². The number of piperazine rings is 1. The summed E-state index contributed by atoms with van der Waals surface area (Å²) in [6.07, 6.45) is 7.31. The first-order valence-electron chi connectivity index (χ1n) is 18.1. The number of rotatable bonds is 7. The Morgan fingerprint density at radius 2 is 1.58 bits per heavy atom. The summed E-state index contributed by atoms with van der Waals surface area (Å²) in [6, 6.07) is 5.32. The first-order chi connectivity index (χ1) is 22.7. The van der Waals surface area contributed by atoms with Crippen molar-refractivity contribution in [2.45, 2.75) is 104 Å². The lowest BCUT2D eigenvalue weighted by molar-refractivity contribution is -0.274. The largest absolute Gasteiger partial charge is 0.573 e. The molecule has 0 bridgehead atoms. The Balaban J connectivity index is 0.971. The second-order valence-corrected chi connectivity index (χ2v) is 16.1. The third-order valence-electron chi connectivity index (χ3n) is 13.7. The van der Waals surface area contributed by atoms with Crippen LogP contribution in [0.1, 0.15) is 90.5 Å². The SMILES string of the molecule is C[C@H](CCC(=O)N1CCN(C(=O)/C=C/c2ccc(OC(F)(F)F)cc2)CC1)[C@H]1CC[C@H]2[C@@H]3[C@@H](O)C[C@@H]4C[C@H](O)CC[C@]4(C)[C@H]3CC[C@]12C. The van der Waals surface area contributed by atoms with E-state index in [1.165, 1.54) is 36.8 Å². The van der Waals surface area contributed by atoms with Gasteiger partial charge in [0.05, 0.1) is 12.2 Å². The first kappa shape index (κ1) is 35.2. The molecule has 7 nitrogen and oxygen atoms in total. The van der Waals surface area contributed by atoms with Crippen LogP contribution in [-0.4, -0.2) is 76.6 Å². The van der Waals surface area contributed by atoms with Crippen LogP contribution in [-0.2, 0) is 9.59 Å². The van der Waals surface area contributed by atoms with Gasteiger partial charge in [-0.2, -0.15) is 0 Å². The minimum absolute atomic E-state index is 0.134. The third-order valence-corrected chi connectivity index (χ3v) is 13.7. The van der Waals surface area contributed by atoms with Gasteiger partial charge in [0.1, 0.15) is 5.75 Å². The van der Waals surface area contributed by atoms with Crippen LogP contribution in [0, 0.1) is 46.3 Å². The minimum Gasteiger partial charge on any atom is -0.406 e. The van der Waals surface area contributed by atoms with Gasteiger partial charge in [-0.3, -0.25) is 9.59 Å². The molecule has 5 fully saturated rings. The van der Waals surface area contributed by atoms with Crippen LogP contribution in [0.25, 0.3) is 6.08 Å². The molecule has 1 aromatic rings. The van der Waals surface area contributed by atoms with E-state index in [2.05, 4.69) is 25.5 Å². The first-order valence-corrected chi connectivity index (χ1v) is 18.1. The minimum atomic E-state index is -4.75. The predicted octanol–water partition coefficient (Wildman–Crippen LogP) is 6.68. The average molecular weight is 675 g/mol. The predicted molar refractivity (Wildman–Crippen MR) is 176 cm³/mol. The molecule has 4 aliphatic carbocycles. The summed E-state index contributed by atoms with van der Waals surface area (Å²) in [7, 11) is 0. The van der Waals surface area contributed by atoms with Gasteiger partial charge in [0, 0.05) is 38.7 Å². The Morgan fingerprint density at radius 3 is 2.27 bits per heavy atom. The van der Waals surface area contributed by atoms with Crippen molar-refractivity contribution in [1.29, 1.82) is 0 Å². The van der Waals surface area contributed by atoms with Gasteiger partial charge in [-0.25, -0.2) is 0 Å². The fraction of sp³-hybridized carbons (Fsp3) is 0.737. The Kier molecular flexibility index (Phi) is 9.99. The molecule has 1 aliphatic heterocycles. The lowest BCUT2D eigenvalue weighted by Crippen LogP contribution is -2.58. The number of aliphatic hydroxyl groups excluding tert-OH is 2. The Labute approximate surface area is 282 Å². The van der Waals surface area contributed by atoms with Gasteiger partial charge < -0.3 is 24.7 Å². The molecule has 0 unspecified atom stereocenters. The van der Waals surface area contributed by atoms with Crippen LogP contribution >= 0.6 is 0 Å². The highest BCUT2D eigenvalue weighted by molar-refractivity contribution is 5.92. The monoisotopic (exact) mass is 674 g/mol. The smallest absolute Gasteiger partial charge is 0.406 e. The van der Waals surface area contributed by atoms with Crippen molar-refractivity contribution >= 4 is 17.9 Å². The molecule has 0 spiro atoms. The summed E-state index contributed by atoms with van der Waals surface area (Å²) in [5.74, 6) is 2.37. The summed E-state index contributed by atoms with van der Waals surface area (Å²) in [5.41, 5.74) is 0.982. The fourth-order valence-corrected chi connectivity index (χ4v) is 11.1. The van der Waals surface area contributed by atoms with E-state index >= 15 is 0 Å². The van der Waals surface area contributed by atoms with Crippen LogP contribution in [0.15, 0.2) is 30.3 Å². The molecule has 1 aromatic carbocycles. The van der Waals surface area contributed by atoms with Crippen molar-refractivity contribution < 1.29 is 37.7 Å². The van der Waals surface area contributed by atoms with E-state index in [1.54, 1.807) is 11.0 Å². The number of hydrogen-bond acceptors (Lipinski definition) is 5. The number of halogens is 3. The highest BCUT2D eigenvalue weighted by Gasteiger charge is 2.62. The van der Waals surface area contributed by atoms with Crippen LogP contribution in [0.4, 0.5) is 13.2 Å². The summed E-state index contributed by atoms with van der Waals surface area (Å²) in [6.45, 7) is 9.08. The zero-order valence-corrected chi connectivity index (χ0v) is 28.6. The van der Waals surface area contributed by atoms with E-state index in [0.29, 0.717) is 73.7 Å². The Morgan fingerprint density at radius 1 is 0.938 bits per heavy atom. The normalized spacial score (nSPS) is 37.5. The molecule has 0 aromatic heterocycles. The maximum absolute atomic E-state index is 13.3. The summed E-state index contributed by atoms with van der Waals surface area (Å²) in [5, 5.41) is 21.9. The number of carbonyl (C=O) groups excluding carboxylic acids is 2. The lowest BCUT2D eigenvalue weighted by Gasteiger charge is -2.62. The number of benzene rings is 1. The average Bonchev–Trinajstić information content (AvgIpc) is 3.40. The van der Waals surface area contributed by atoms with Gasteiger partial charge in [-0.15, -0.1) is 13.2 Å². The third kappa shape index (κ3) is 7.03. The van der Waals surface area contributed by atoms with Gasteiger partial charge in [0.15, 0.2) is 0 Å². The summed E-state index contributed by atoms with van der Waals surface area (Å²) in [4.78, 5) is 29.6. The van der Waals surface area contributed by atoms with Crippen molar-refractivity contribution in [3.63, 3.8) is 0 Å². The molecule has 266 valence electrons.